The van der Waals surface area contributed by atoms with Crippen LogP contribution >= 0.6 is 0 Å². The van der Waals surface area contributed by atoms with Gasteiger partial charge in [0.1, 0.15) is 5.75 Å². The summed E-state index contributed by atoms with van der Waals surface area (Å²) in [5.74, 6) is 0.0133. The molecule has 2 N–H and O–H groups in total. The molecule has 0 bridgehead atoms. The van der Waals surface area contributed by atoms with E-state index in [1.807, 2.05) is 0 Å². The molecule has 0 atom stereocenters. The predicted octanol–water partition coefficient (Wildman–Crippen LogP) is 3.34. The SMILES string of the molecule is CC(C)(Oc1ccc(NC(=O)C2CCNCC2)cc1)C(F)(F)F. The summed E-state index contributed by atoms with van der Waals surface area (Å²) in [6, 6.07) is 5.93. The van der Waals surface area contributed by atoms with Crippen molar-refractivity contribution in [2.75, 3.05) is 18.4 Å². The Hall–Kier alpha value is -1.76. The van der Waals surface area contributed by atoms with Gasteiger partial charge < -0.3 is 15.4 Å². The van der Waals surface area contributed by atoms with Gasteiger partial charge >= 0.3 is 6.18 Å². The largest absolute Gasteiger partial charge is 0.478 e. The maximum Gasteiger partial charge on any atom is 0.427 e. The average molecular weight is 330 g/mol. The molecule has 0 radical (unpaired) electrons. The molecule has 128 valence electrons. The molecule has 0 aromatic heterocycles. The number of rotatable bonds is 4. The Balaban J connectivity index is 1.95. The predicted molar refractivity (Wildman–Crippen MR) is 81.4 cm³/mol. The van der Waals surface area contributed by atoms with Gasteiger partial charge in [0.25, 0.3) is 0 Å². The minimum atomic E-state index is -4.46. The molecular formula is C16H21F3N2O2. The highest BCUT2D eigenvalue weighted by Crippen LogP contribution is 2.34. The third-order valence-corrected chi connectivity index (χ3v) is 3.89. The minimum absolute atomic E-state index is 0.0312. The van der Waals surface area contributed by atoms with Crippen molar-refractivity contribution in [1.29, 1.82) is 0 Å². The van der Waals surface area contributed by atoms with Crippen molar-refractivity contribution in [3.63, 3.8) is 0 Å². The van der Waals surface area contributed by atoms with E-state index in [0.29, 0.717) is 5.69 Å². The summed E-state index contributed by atoms with van der Waals surface area (Å²) < 4.78 is 43.4. The van der Waals surface area contributed by atoms with Crippen LogP contribution in [0.4, 0.5) is 18.9 Å². The molecule has 7 heteroatoms. The zero-order valence-electron chi connectivity index (χ0n) is 13.2. The maximum atomic E-state index is 12.8. The van der Waals surface area contributed by atoms with Crippen molar-refractivity contribution in [3.05, 3.63) is 24.3 Å². The van der Waals surface area contributed by atoms with Crippen LogP contribution in [-0.4, -0.2) is 30.8 Å². The van der Waals surface area contributed by atoms with Gasteiger partial charge in [-0.25, -0.2) is 0 Å². The van der Waals surface area contributed by atoms with E-state index in [2.05, 4.69) is 10.6 Å². The third-order valence-electron chi connectivity index (χ3n) is 3.89. The van der Waals surface area contributed by atoms with Gasteiger partial charge in [-0.05, 0) is 64.0 Å². The second-order valence-electron chi connectivity index (χ2n) is 6.15. The third kappa shape index (κ3) is 4.60. The lowest BCUT2D eigenvalue weighted by Gasteiger charge is -2.28. The van der Waals surface area contributed by atoms with Crippen LogP contribution in [0.2, 0.25) is 0 Å². The topological polar surface area (TPSA) is 50.4 Å². The maximum absolute atomic E-state index is 12.8. The smallest absolute Gasteiger partial charge is 0.427 e. The highest BCUT2D eigenvalue weighted by atomic mass is 19.4. The fraction of sp³-hybridized carbons (Fsp3) is 0.562. The summed E-state index contributed by atoms with van der Waals surface area (Å²) in [5, 5.41) is 5.97. The Labute approximate surface area is 133 Å². The van der Waals surface area contributed by atoms with E-state index < -0.39 is 11.8 Å². The number of carbonyl (C=O) groups excluding carboxylic acids is 1. The molecule has 1 aromatic carbocycles. The molecule has 1 aliphatic rings. The van der Waals surface area contributed by atoms with Crippen LogP contribution in [0.5, 0.6) is 5.75 Å². The highest BCUT2D eigenvalue weighted by molar-refractivity contribution is 5.92. The molecule has 0 aliphatic carbocycles. The second-order valence-corrected chi connectivity index (χ2v) is 6.15. The molecule has 1 aromatic rings. The van der Waals surface area contributed by atoms with E-state index in [1.165, 1.54) is 12.1 Å². The van der Waals surface area contributed by atoms with Crippen LogP contribution in [0.1, 0.15) is 26.7 Å². The van der Waals surface area contributed by atoms with Crippen LogP contribution in [0, 0.1) is 5.92 Å². The molecule has 0 saturated carbocycles. The fourth-order valence-corrected chi connectivity index (χ4v) is 2.29. The van der Waals surface area contributed by atoms with Crippen LogP contribution in [0.15, 0.2) is 24.3 Å². The van der Waals surface area contributed by atoms with Crippen molar-refractivity contribution in [1.82, 2.24) is 5.32 Å². The monoisotopic (exact) mass is 330 g/mol. The Bertz CT molecular complexity index is 535. The zero-order valence-corrected chi connectivity index (χ0v) is 13.2. The number of hydrogen-bond acceptors (Lipinski definition) is 3. The molecular weight excluding hydrogens is 309 g/mol. The lowest BCUT2D eigenvalue weighted by atomic mass is 9.97. The summed E-state index contributed by atoms with van der Waals surface area (Å²) in [6.45, 7) is 3.58. The van der Waals surface area contributed by atoms with E-state index in [4.69, 9.17) is 4.74 Å². The number of carbonyl (C=O) groups is 1. The van der Waals surface area contributed by atoms with Gasteiger partial charge in [0.05, 0.1) is 0 Å². The van der Waals surface area contributed by atoms with E-state index in [1.54, 1.807) is 12.1 Å². The molecule has 1 amide bonds. The number of amides is 1. The molecule has 1 fully saturated rings. The summed E-state index contributed by atoms with van der Waals surface area (Å²) in [7, 11) is 0. The van der Waals surface area contributed by atoms with Crippen molar-refractivity contribution in [2.24, 2.45) is 5.92 Å². The molecule has 4 nitrogen and oxygen atoms in total. The summed E-state index contributed by atoms with van der Waals surface area (Å²) in [4.78, 5) is 12.1. The molecule has 1 aliphatic heterocycles. The molecule has 23 heavy (non-hydrogen) atoms. The number of hydrogen-bond donors (Lipinski definition) is 2. The first-order valence-electron chi connectivity index (χ1n) is 7.56. The molecule has 1 heterocycles. The summed E-state index contributed by atoms with van der Waals surface area (Å²) in [5.41, 5.74) is -1.72. The minimum Gasteiger partial charge on any atom is -0.478 e. The normalized spacial score (nSPS) is 16.9. The number of alkyl halides is 3. The van der Waals surface area contributed by atoms with Gasteiger partial charge in [0.15, 0.2) is 5.60 Å². The number of halogens is 3. The molecule has 1 saturated heterocycles. The lowest BCUT2D eigenvalue weighted by molar-refractivity contribution is -0.234. The first-order chi connectivity index (χ1) is 10.7. The number of ether oxygens (including phenoxy) is 1. The molecule has 0 unspecified atom stereocenters. The number of nitrogens with one attached hydrogen (secondary N) is 2. The lowest BCUT2D eigenvalue weighted by Crippen LogP contribution is -2.44. The van der Waals surface area contributed by atoms with Gasteiger partial charge in [0, 0.05) is 11.6 Å². The van der Waals surface area contributed by atoms with Crippen LogP contribution in [-0.2, 0) is 4.79 Å². The van der Waals surface area contributed by atoms with Crippen molar-refractivity contribution >= 4 is 11.6 Å². The zero-order chi connectivity index (χ0) is 17.1. The van der Waals surface area contributed by atoms with Crippen LogP contribution in [0.25, 0.3) is 0 Å². The Morgan fingerprint density at radius 1 is 1.17 bits per heavy atom. The average Bonchev–Trinajstić information content (AvgIpc) is 2.48. The molecule has 2 rings (SSSR count). The van der Waals surface area contributed by atoms with E-state index >= 15 is 0 Å². The number of benzene rings is 1. The first-order valence-corrected chi connectivity index (χ1v) is 7.56. The van der Waals surface area contributed by atoms with E-state index in [9.17, 15) is 18.0 Å². The summed E-state index contributed by atoms with van der Waals surface area (Å²) in [6.07, 6.45) is -2.89. The van der Waals surface area contributed by atoms with Gasteiger partial charge in [0.2, 0.25) is 5.91 Å². The number of anilines is 1. The number of piperidine rings is 1. The van der Waals surface area contributed by atoms with Crippen LogP contribution < -0.4 is 15.4 Å². The molecule has 0 spiro atoms. The van der Waals surface area contributed by atoms with Gasteiger partial charge in [-0.2, -0.15) is 13.2 Å². The van der Waals surface area contributed by atoms with Gasteiger partial charge in [-0.1, -0.05) is 0 Å². The van der Waals surface area contributed by atoms with Gasteiger partial charge in [-0.3, -0.25) is 4.79 Å². The van der Waals surface area contributed by atoms with Crippen molar-refractivity contribution < 1.29 is 22.7 Å². The van der Waals surface area contributed by atoms with Crippen LogP contribution in [0.3, 0.4) is 0 Å². The second kappa shape index (κ2) is 6.78. The van der Waals surface area contributed by atoms with Gasteiger partial charge in [-0.15, -0.1) is 0 Å². The Kier molecular flexibility index (Phi) is 5.19. The first kappa shape index (κ1) is 17.6. The Morgan fingerprint density at radius 2 is 1.74 bits per heavy atom. The van der Waals surface area contributed by atoms with Crippen molar-refractivity contribution in [3.8, 4) is 5.75 Å². The standard InChI is InChI=1S/C16H21F3N2O2/c1-15(2,16(17,18)19)23-13-5-3-12(4-6-13)21-14(22)11-7-9-20-10-8-11/h3-6,11,20H,7-10H2,1-2H3,(H,21,22). The highest BCUT2D eigenvalue weighted by Gasteiger charge is 2.49. The van der Waals surface area contributed by atoms with E-state index in [-0.39, 0.29) is 17.6 Å². The summed E-state index contributed by atoms with van der Waals surface area (Å²) >= 11 is 0. The quantitative estimate of drug-likeness (QED) is 0.890. The fourth-order valence-electron chi connectivity index (χ4n) is 2.29. The van der Waals surface area contributed by atoms with E-state index in [0.717, 1.165) is 39.8 Å². The Morgan fingerprint density at radius 3 is 2.26 bits per heavy atom. The van der Waals surface area contributed by atoms with Crippen molar-refractivity contribution in [2.45, 2.75) is 38.5 Å².